The van der Waals surface area contributed by atoms with Gasteiger partial charge in [0.2, 0.25) is 5.91 Å². The number of amides is 2. The van der Waals surface area contributed by atoms with E-state index in [2.05, 4.69) is 19.2 Å². The number of hydrogen-bond acceptors (Lipinski definition) is 4. The van der Waals surface area contributed by atoms with Crippen LogP contribution in [0.3, 0.4) is 0 Å². The lowest BCUT2D eigenvalue weighted by Gasteiger charge is -2.28. The topological polar surface area (TPSA) is 58.6 Å². The number of carbonyl (C=O) groups is 2. The molecule has 0 aliphatic carbocycles. The predicted octanol–water partition coefficient (Wildman–Crippen LogP) is 4.96. The molecule has 148 valence electrons. The average Bonchev–Trinajstić information content (AvgIpc) is 2.68. The molecule has 1 saturated heterocycles. The number of ether oxygens (including phenoxy) is 1. The molecule has 2 aromatic rings. The molecule has 28 heavy (non-hydrogen) atoms. The Labute approximate surface area is 170 Å². The Morgan fingerprint density at radius 2 is 1.89 bits per heavy atom. The highest BCUT2D eigenvalue weighted by Crippen LogP contribution is 2.34. The molecule has 0 aromatic heterocycles. The van der Waals surface area contributed by atoms with Crippen LogP contribution in [0.25, 0.3) is 0 Å². The number of nitrogens with zero attached hydrogens (tertiary/aromatic N) is 1. The lowest BCUT2D eigenvalue weighted by Crippen LogP contribution is -2.35. The maximum absolute atomic E-state index is 12.6. The maximum Gasteiger partial charge on any atom is 0.255 e. The smallest absolute Gasteiger partial charge is 0.255 e. The Bertz CT molecular complexity index is 849. The Morgan fingerprint density at radius 1 is 1.14 bits per heavy atom. The summed E-state index contributed by atoms with van der Waals surface area (Å²) in [4.78, 5) is 27.8. The van der Waals surface area contributed by atoms with Crippen LogP contribution in [0.2, 0.25) is 0 Å². The number of benzene rings is 2. The Kier molecular flexibility index (Phi) is 6.62. The largest absolute Gasteiger partial charge is 0.495 e. The van der Waals surface area contributed by atoms with Crippen molar-refractivity contribution >= 4 is 35.0 Å². The van der Waals surface area contributed by atoms with Crippen molar-refractivity contribution in [1.82, 2.24) is 0 Å². The third-order valence-corrected chi connectivity index (χ3v) is 5.55. The lowest BCUT2D eigenvalue weighted by atomic mass is 10.1. The minimum atomic E-state index is -0.179. The van der Waals surface area contributed by atoms with Gasteiger partial charge in [0.25, 0.3) is 5.91 Å². The number of nitrogens with one attached hydrogen (secondary N) is 1. The van der Waals surface area contributed by atoms with E-state index in [4.69, 9.17) is 4.74 Å². The van der Waals surface area contributed by atoms with Crippen molar-refractivity contribution in [3.63, 3.8) is 0 Å². The van der Waals surface area contributed by atoms with Gasteiger partial charge in [0.15, 0.2) is 0 Å². The van der Waals surface area contributed by atoms with E-state index in [1.165, 1.54) is 0 Å². The molecule has 6 heteroatoms. The van der Waals surface area contributed by atoms with Crippen molar-refractivity contribution in [1.29, 1.82) is 0 Å². The summed E-state index contributed by atoms with van der Waals surface area (Å²) in [6, 6.07) is 13.0. The molecule has 0 spiro atoms. The zero-order valence-corrected chi connectivity index (χ0v) is 17.3. The van der Waals surface area contributed by atoms with Crippen LogP contribution in [0.5, 0.6) is 5.75 Å². The van der Waals surface area contributed by atoms with Crippen molar-refractivity contribution in [2.24, 2.45) is 0 Å². The van der Waals surface area contributed by atoms with Gasteiger partial charge in [-0.15, -0.1) is 11.8 Å². The van der Waals surface area contributed by atoms with E-state index in [1.807, 2.05) is 30.3 Å². The third kappa shape index (κ3) is 4.87. The summed E-state index contributed by atoms with van der Waals surface area (Å²) >= 11 is 1.76. The fourth-order valence-electron chi connectivity index (χ4n) is 3.20. The normalized spacial score (nSPS) is 14.3. The second kappa shape index (κ2) is 9.15. The Morgan fingerprint density at radius 3 is 2.54 bits per heavy atom. The molecule has 2 amide bonds. The number of carbonyl (C=O) groups excluding carboxylic acids is 2. The molecule has 5 nitrogen and oxygen atoms in total. The van der Waals surface area contributed by atoms with Gasteiger partial charge in [-0.3, -0.25) is 9.59 Å². The quantitative estimate of drug-likeness (QED) is 0.699. The highest BCUT2D eigenvalue weighted by Gasteiger charge is 2.23. The van der Waals surface area contributed by atoms with E-state index in [0.717, 1.165) is 17.7 Å². The number of methoxy groups -OCH3 is 1. The van der Waals surface area contributed by atoms with Crippen molar-refractivity contribution in [2.75, 3.05) is 23.9 Å². The number of piperidine rings is 1. The summed E-state index contributed by atoms with van der Waals surface area (Å²) in [5, 5.41) is 3.42. The van der Waals surface area contributed by atoms with Crippen LogP contribution in [0.15, 0.2) is 47.4 Å². The highest BCUT2D eigenvalue weighted by molar-refractivity contribution is 7.99. The first-order valence-electron chi connectivity index (χ1n) is 9.54. The van der Waals surface area contributed by atoms with E-state index >= 15 is 0 Å². The standard InChI is InChI=1S/C22H26N2O3S/c1-15(2)28-18-10-7-16(8-11-18)22(26)23-17-9-12-20(27-3)19(14-17)24-13-5-4-6-21(24)25/h7-12,14-15H,4-6,13H2,1-3H3,(H,23,26). The molecule has 1 fully saturated rings. The van der Waals surface area contributed by atoms with Crippen molar-refractivity contribution < 1.29 is 14.3 Å². The van der Waals surface area contributed by atoms with Crippen LogP contribution >= 0.6 is 11.8 Å². The summed E-state index contributed by atoms with van der Waals surface area (Å²) in [6.45, 7) is 4.95. The van der Waals surface area contributed by atoms with Gasteiger partial charge in [-0.2, -0.15) is 0 Å². The van der Waals surface area contributed by atoms with E-state index < -0.39 is 0 Å². The van der Waals surface area contributed by atoms with Crippen molar-refractivity contribution in [2.45, 2.75) is 43.3 Å². The number of rotatable bonds is 6. The monoisotopic (exact) mass is 398 g/mol. The predicted molar refractivity (Wildman–Crippen MR) is 115 cm³/mol. The number of thioether (sulfide) groups is 1. The number of hydrogen-bond donors (Lipinski definition) is 1. The van der Waals surface area contributed by atoms with Crippen molar-refractivity contribution in [3.8, 4) is 5.75 Å². The van der Waals surface area contributed by atoms with Gasteiger partial charge in [-0.25, -0.2) is 0 Å². The molecular formula is C22H26N2O3S. The second-order valence-electron chi connectivity index (χ2n) is 7.03. The van der Waals surface area contributed by atoms with Crippen LogP contribution in [-0.2, 0) is 4.79 Å². The number of anilines is 2. The minimum absolute atomic E-state index is 0.0891. The highest BCUT2D eigenvalue weighted by atomic mass is 32.2. The van der Waals surface area contributed by atoms with Gasteiger partial charge in [0.1, 0.15) is 5.75 Å². The SMILES string of the molecule is COc1ccc(NC(=O)c2ccc(SC(C)C)cc2)cc1N1CCCCC1=O. The van der Waals surface area contributed by atoms with Gasteiger partial charge >= 0.3 is 0 Å². The molecular weight excluding hydrogens is 372 g/mol. The molecule has 1 aliphatic rings. The minimum Gasteiger partial charge on any atom is -0.495 e. The van der Waals surface area contributed by atoms with Crippen LogP contribution in [0.4, 0.5) is 11.4 Å². The molecule has 3 rings (SSSR count). The first-order chi connectivity index (χ1) is 13.5. The van der Waals surface area contributed by atoms with E-state index in [-0.39, 0.29) is 11.8 Å². The van der Waals surface area contributed by atoms with Crippen molar-refractivity contribution in [3.05, 3.63) is 48.0 Å². The van der Waals surface area contributed by atoms with Crippen LogP contribution < -0.4 is 15.0 Å². The van der Waals surface area contributed by atoms with Gasteiger partial charge in [-0.05, 0) is 55.3 Å². The van der Waals surface area contributed by atoms with Crippen LogP contribution in [-0.4, -0.2) is 30.7 Å². The fraction of sp³-hybridized carbons (Fsp3) is 0.364. The Balaban J connectivity index is 1.77. The van der Waals surface area contributed by atoms with E-state index in [9.17, 15) is 9.59 Å². The third-order valence-electron chi connectivity index (χ3n) is 4.54. The maximum atomic E-state index is 12.6. The molecule has 0 unspecified atom stereocenters. The van der Waals surface area contributed by atoms with Crippen LogP contribution in [0, 0.1) is 0 Å². The first kappa shape index (κ1) is 20.3. The summed E-state index contributed by atoms with van der Waals surface area (Å²) in [5.41, 5.74) is 1.94. The Hall–Kier alpha value is -2.47. The van der Waals surface area contributed by atoms with Crippen LogP contribution in [0.1, 0.15) is 43.5 Å². The summed E-state index contributed by atoms with van der Waals surface area (Å²) < 4.78 is 5.43. The molecule has 0 saturated carbocycles. The van der Waals surface area contributed by atoms with Gasteiger partial charge < -0.3 is 15.0 Å². The molecule has 0 radical (unpaired) electrons. The summed E-state index contributed by atoms with van der Waals surface area (Å²) in [7, 11) is 1.59. The van der Waals surface area contributed by atoms with Gasteiger partial charge in [-0.1, -0.05) is 13.8 Å². The second-order valence-corrected chi connectivity index (χ2v) is 8.68. The first-order valence-corrected chi connectivity index (χ1v) is 10.4. The average molecular weight is 399 g/mol. The molecule has 2 aromatic carbocycles. The summed E-state index contributed by atoms with van der Waals surface area (Å²) in [6.07, 6.45) is 2.42. The molecule has 1 heterocycles. The molecule has 1 aliphatic heterocycles. The van der Waals surface area contributed by atoms with Gasteiger partial charge in [0.05, 0.1) is 12.8 Å². The lowest BCUT2D eigenvalue weighted by molar-refractivity contribution is -0.119. The zero-order chi connectivity index (χ0) is 20.1. The molecule has 0 bridgehead atoms. The van der Waals surface area contributed by atoms with E-state index in [0.29, 0.717) is 40.9 Å². The summed E-state index contributed by atoms with van der Waals surface area (Å²) in [5.74, 6) is 0.539. The zero-order valence-electron chi connectivity index (χ0n) is 16.5. The molecule has 1 N–H and O–H groups in total. The van der Waals surface area contributed by atoms with E-state index in [1.54, 1.807) is 35.9 Å². The fourth-order valence-corrected chi connectivity index (χ4v) is 4.04. The van der Waals surface area contributed by atoms with Gasteiger partial charge in [0, 0.05) is 34.4 Å². The molecule has 0 atom stereocenters.